The zero-order valence-corrected chi connectivity index (χ0v) is 12.9. The van der Waals surface area contributed by atoms with Crippen molar-refractivity contribution < 1.29 is 0 Å². The molecule has 0 fully saturated rings. The number of hydrogen-bond donors (Lipinski definition) is 2. The second kappa shape index (κ2) is 4.26. The Morgan fingerprint density at radius 2 is 1.28 bits per heavy atom. The van der Waals surface area contributed by atoms with Gasteiger partial charge in [-0.1, -0.05) is 37.7 Å². The van der Waals surface area contributed by atoms with Crippen molar-refractivity contribution in [1.82, 2.24) is 0 Å². The van der Waals surface area contributed by atoms with Crippen LogP contribution in [0.25, 0.3) is 0 Å². The van der Waals surface area contributed by atoms with Crippen molar-refractivity contribution in [3.05, 3.63) is 47.5 Å². The van der Waals surface area contributed by atoms with Gasteiger partial charge in [-0.25, -0.2) is 0 Å². The van der Waals surface area contributed by atoms with Crippen molar-refractivity contribution in [2.45, 2.75) is 38.8 Å². The largest absolute Gasteiger partial charge is 0.143 e. The number of fused-ring (bicyclic) bond motifs is 2. The van der Waals surface area contributed by atoms with Crippen molar-refractivity contribution in [2.75, 3.05) is 0 Å². The van der Waals surface area contributed by atoms with Crippen LogP contribution < -0.4 is 0 Å². The topological polar surface area (TPSA) is 0 Å². The molecular formula is C15H14S3. The molecule has 0 saturated carbocycles. The molecule has 0 bridgehead atoms. The lowest BCUT2D eigenvalue weighted by molar-refractivity contribution is 0.605. The third-order valence-corrected chi connectivity index (χ3v) is 5.17. The van der Waals surface area contributed by atoms with Crippen LogP contribution in [-0.2, 0) is 5.41 Å². The Bertz CT molecular complexity index is 576. The van der Waals surface area contributed by atoms with Crippen LogP contribution in [0.2, 0.25) is 0 Å². The van der Waals surface area contributed by atoms with Gasteiger partial charge in [-0.3, -0.25) is 0 Å². The first-order chi connectivity index (χ1) is 8.48. The Kier molecular flexibility index (Phi) is 2.96. The molecule has 0 radical (unpaired) electrons. The van der Waals surface area contributed by atoms with Crippen LogP contribution in [0.4, 0.5) is 0 Å². The van der Waals surface area contributed by atoms with E-state index in [9.17, 15) is 0 Å². The van der Waals surface area contributed by atoms with Crippen LogP contribution >= 0.6 is 37.0 Å². The van der Waals surface area contributed by atoms with E-state index in [-0.39, 0.29) is 5.41 Å². The van der Waals surface area contributed by atoms with Crippen molar-refractivity contribution >= 4 is 37.0 Å². The molecule has 0 spiro atoms. The smallest absolute Gasteiger partial charge is 0.0174 e. The molecule has 3 rings (SSSR count). The molecule has 2 aromatic rings. The summed E-state index contributed by atoms with van der Waals surface area (Å²) in [6.07, 6.45) is 0. The van der Waals surface area contributed by atoms with Crippen molar-refractivity contribution in [3.63, 3.8) is 0 Å². The molecule has 1 heterocycles. The Labute approximate surface area is 123 Å². The van der Waals surface area contributed by atoms with E-state index >= 15 is 0 Å². The van der Waals surface area contributed by atoms with Gasteiger partial charge in [0.2, 0.25) is 0 Å². The van der Waals surface area contributed by atoms with Gasteiger partial charge in [-0.2, -0.15) is 0 Å². The highest BCUT2D eigenvalue weighted by molar-refractivity contribution is 7.99. The average Bonchev–Trinajstić information content (AvgIpc) is 2.27. The lowest BCUT2D eigenvalue weighted by Gasteiger charge is -2.34. The van der Waals surface area contributed by atoms with Crippen LogP contribution in [0.3, 0.4) is 0 Å². The predicted octanol–water partition coefficient (Wildman–Crippen LogP) is 5.05. The highest BCUT2D eigenvalue weighted by atomic mass is 32.2. The summed E-state index contributed by atoms with van der Waals surface area (Å²) in [4.78, 5) is 4.64. The van der Waals surface area contributed by atoms with Gasteiger partial charge in [-0.05, 0) is 35.4 Å². The monoisotopic (exact) mass is 290 g/mol. The molecular weight excluding hydrogens is 276 g/mol. The van der Waals surface area contributed by atoms with Crippen molar-refractivity contribution in [1.29, 1.82) is 0 Å². The summed E-state index contributed by atoms with van der Waals surface area (Å²) < 4.78 is 0. The van der Waals surface area contributed by atoms with E-state index in [1.807, 2.05) is 11.8 Å². The summed E-state index contributed by atoms with van der Waals surface area (Å²) in [5.74, 6) is 0. The highest BCUT2D eigenvalue weighted by Crippen LogP contribution is 2.49. The second-order valence-corrected chi connectivity index (χ2v) is 7.20. The van der Waals surface area contributed by atoms with Gasteiger partial charge < -0.3 is 0 Å². The fourth-order valence-electron chi connectivity index (χ4n) is 2.49. The van der Waals surface area contributed by atoms with Crippen LogP contribution in [0.1, 0.15) is 25.0 Å². The van der Waals surface area contributed by atoms with Crippen molar-refractivity contribution in [3.8, 4) is 0 Å². The molecule has 0 nitrogen and oxygen atoms in total. The van der Waals surface area contributed by atoms with Gasteiger partial charge in [0.25, 0.3) is 0 Å². The molecule has 0 aromatic heterocycles. The predicted molar refractivity (Wildman–Crippen MR) is 83.6 cm³/mol. The normalized spacial score (nSPS) is 16.0. The Morgan fingerprint density at radius 3 is 1.72 bits per heavy atom. The Morgan fingerprint density at radius 1 is 0.833 bits per heavy atom. The maximum absolute atomic E-state index is 4.44. The Balaban J connectivity index is 2.25. The molecule has 0 amide bonds. The van der Waals surface area contributed by atoms with Gasteiger partial charge >= 0.3 is 0 Å². The Hall–Kier alpha value is -0.510. The third kappa shape index (κ3) is 1.89. The number of thiol groups is 2. The third-order valence-electron chi connectivity index (χ3n) is 3.50. The quantitative estimate of drug-likeness (QED) is 0.640. The lowest BCUT2D eigenvalue weighted by Crippen LogP contribution is -2.23. The van der Waals surface area contributed by atoms with E-state index in [2.05, 4.69) is 75.5 Å². The zero-order chi connectivity index (χ0) is 12.9. The van der Waals surface area contributed by atoms with Crippen LogP contribution in [0, 0.1) is 0 Å². The van der Waals surface area contributed by atoms with E-state index in [0.29, 0.717) is 0 Å². The van der Waals surface area contributed by atoms with Crippen molar-refractivity contribution in [2.24, 2.45) is 0 Å². The van der Waals surface area contributed by atoms with Gasteiger partial charge in [0.1, 0.15) is 0 Å². The molecule has 1 aliphatic heterocycles. The second-order valence-electron chi connectivity index (χ2n) is 5.09. The molecule has 0 atom stereocenters. The summed E-state index contributed by atoms with van der Waals surface area (Å²) >= 11 is 10.7. The van der Waals surface area contributed by atoms with Gasteiger partial charge in [-0.15, -0.1) is 25.3 Å². The molecule has 0 N–H and O–H groups in total. The zero-order valence-electron chi connectivity index (χ0n) is 10.3. The van der Waals surface area contributed by atoms with E-state index in [4.69, 9.17) is 0 Å². The summed E-state index contributed by atoms with van der Waals surface area (Å²) in [6, 6.07) is 12.8. The highest BCUT2D eigenvalue weighted by Gasteiger charge is 2.32. The SMILES string of the molecule is CC1(C)c2ccc(S)cc2Sc2cc(S)ccc21. The molecule has 18 heavy (non-hydrogen) atoms. The summed E-state index contributed by atoms with van der Waals surface area (Å²) in [6.45, 7) is 4.56. The number of hydrogen-bond acceptors (Lipinski definition) is 3. The lowest BCUT2D eigenvalue weighted by atomic mass is 9.78. The van der Waals surface area contributed by atoms with E-state index in [1.165, 1.54) is 20.9 Å². The molecule has 3 heteroatoms. The minimum Gasteiger partial charge on any atom is -0.143 e. The van der Waals surface area contributed by atoms with E-state index < -0.39 is 0 Å². The van der Waals surface area contributed by atoms with E-state index in [0.717, 1.165) is 9.79 Å². The average molecular weight is 290 g/mol. The maximum atomic E-state index is 4.44. The van der Waals surface area contributed by atoms with Gasteiger partial charge in [0.05, 0.1) is 0 Å². The summed E-state index contributed by atoms with van der Waals surface area (Å²) in [5.41, 5.74) is 2.80. The summed E-state index contributed by atoms with van der Waals surface area (Å²) in [5, 5.41) is 0. The standard InChI is InChI=1S/C15H14S3/c1-15(2)11-5-3-9(16)7-13(11)18-14-8-10(17)4-6-12(14)15/h3-8,16-17H,1-2H3. The van der Waals surface area contributed by atoms with Crippen LogP contribution in [0.5, 0.6) is 0 Å². The minimum absolute atomic E-state index is 0.0405. The molecule has 0 unspecified atom stereocenters. The first-order valence-corrected chi connectivity index (χ1v) is 7.54. The molecule has 1 aliphatic rings. The van der Waals surface area contributed by atoms with Gasteiger partial charge in [0, 0.05) is 25.0 Å². The fourth-order valence-corrected chi connectivity index (χ4v) is 4.54. The van der Waals surface area contributed by atoms with Crippen LogP contribution in [0.15, 0.2) is 56.0 Å². The number of rotatable bonds is 0. The summed E-state index contributed by atoms with van der Waals surface area (Å²) in [7, 11) is 0. The molecule has 92 valence electrons. The fraction of sp³-hybridized carbons (Fsp3) is 0.200. The number of benzene rings is 2. The first-order valence-electron chi connectivity index (χ1n) is 5.83. The van der Waals surface area contributed by atoms with Crippen LogP contribution in [-0.4, -0.2) is 0 Å². The maximum Gasteiger partial charge on any atom is 0.0174 e. The molecule has 2 aromatic carbocycles. The van der Waals surface area contributed by atoms with E-state index in [1.54, 1.807) is 0 Å². The van der Waals surface area contributed by atoms with Gasteiger partial charge in [0.15, 0.2) is 0 Å². The first kappa shape index (κ1) is 12.5. The minimum atomic E-state index is 0.0405. The molecule has 0 aliphatic carbocycles. The molecule has 0 saturated heterocycles.